The van der Waals surface area contributed by atoms with E-state index in [4.69, 9.17) is 9.47 Å². The molecule has 2 aromatic rings. The molecule has 2 aromatic carbocycles. The first-order valence-electron chi connectivity index (χ1n) is 8.76. The molecule has 30 heavy (non-hydrogen) atoms. The van der Waals surface area contributed by atoms with E-state index in [1.54, 1.807) is 20.4 Å². The third kappa shape index (κ3) is 5.06. The summed E-state index contributed by atoms with van der Waals surface area (Å²) in [4.78, 5) is 23.3. The number of amidine groups is 1. The maximum absolute atomic E-state index is 11.8. The predicted molar refractivity (Wildman–Crippen MR) is 116 cm³/mol. The second-order valence-corrected chi connectivity index (χ2v) is 6.96. The molecule has 0 atom stereocenters. The van der Waals surface area contributed by atoms with Crippen LogP contribution in [0.25, 0.3) is 11.1 Å². The van der Waals surface area contributed by atoms with Gasteiger partial charge in [-0.25, -0.2) is 4.79 Å². The van der Waals surface area contributed by atoms with Crippen LogP contribution < -0.4 is 14.8 Å². The highest BCUT2D eigenvalue weighted by molar-refractivity contribution is 8.18. The summed E-state index contributed by atoms with van der Waals surface area (Å²) in [5.74, 6) is 0.274. The Morgan fingerprint density at radius 3 is 2.53 bits per heavy atom. The smallest absolute Gasteiger partial charge is 0.331 e. The summed E-state index contributed by atoms with van der Waals surface area (Å²) in [6.07, 6.45) is 2.69. The Kier molecular flexibility index (Phi) is 6.87. The lowest BCUT2D eigenvalue weighted by atomic mass is 10.0. The van der Waals surface area contributed by atoms with Crippen LogP contribution >= 0.6 is 11.8 Å². The number of esters is 1. The van der Waals surface area contributed by atoms with E-state index in [0.29, 0.717) is 11.5 Å². The zero-order valence-corrected chi connectivity index (χ0v) is 17.4. The minimum atomic E-state index is -0.607. The minimum Gasteiger partial charge on any atom is -0.493 e. The number of hydrogen-bond donors (Lipinski definition) is 1. The molecule has 1 fully saturated rings. The van der Waals surface area contributed by atoms with E-state index in [9.17, 15) is 9.59 Å². The normalized spacial score (nSPS) is 16.2. The standard InChI is InChI=1S/C21H19N3O5S/c1-27-16-8-7-15(10-17(16)28-2)14-6-4-5-13(9-14)12-22-24-21-23-20(26)18(30-21)11-19(25)29-3/h4-12H,1-3H3,(H,23,24,26)/b18-11+,22-12?. The Bertz CT molecular complexity index is 1060. The number of amides is 1. The highest BCUT2D eigenvalue weighted by Gasteiger charge is 2.24. The Hall–Kier alpha value is -3.59. The van der Waals surface area contributed by atoms with Crippen LogP contribution in [0.5, 0.6) is 11.5 Å². The van der Waals surface area contributed by atoms with Crippen molar-refractivity contribution in [1.82, 2.24) is 5.32 Å². The Labute approximate surface area is 177 Å². The third-order valence-electron chi connectivity index (χ3n) is 4.06. The Balaban J connectivity index is 1.75. The van der Waals surface area contributed by atoms with Crippen molar-refractivity contribution in [3.63, 3.8) is 0 Å². The quantitative estimate of drug-likeness (QED) is 0.331. The van der Waals surface area contributed by atoms with Crippen LogP contribution in [0.3, 0.4) is 0 Å². The summed E-state index contributed by atoms with van der Waals surface area (Å²) >= 11 is 1.02. The number of carbonyl (C=O) groups is 2. The topological polar surface area (TPSA) is 98.6 Å². The van der Waals surface area contributed by atoms with Gasteiger partial charge in [0.1, 0.15) is 0 Å². The molecule has 1 aliphatic rings. The number of ether oxygens (including phenoxy) is 3. The lowest BCUT2D eigenvalue weighted by Crippen LogP contribution is -2.19. The van der Waals surface area contributed by atoms with Crippen LogP contribution in [0.2, 0.25) is 0 Å². The molecule has 0 saturated carbocycles. The van der Waals surface area contributed by atoms with Crippen LogP contribution in [0.1, 0.15) is 5.56 Å². The van der Waals surface area contributed by atoms with Gasteiger partial charge in [0.15, 0.2) is 16.7 Å². The van der Waals surface area contributed by atoms with Crippen molar-refractivity contribution < 1.29 is 23.8 Å². The number of methoxy groups -OCH3 is 3. The van der Waals surface area contributed by atoms with E-state index in [1.165, 1.54) is 7.11 Å². The number of rotatable bonds is 6. The van der Waals surface area contributed by atoms with Crippen molar-refractivity contribution in [2.24, 2.45) is 10.2 Å². The molecule has 9 heteroatoms. The van der Waals surface area contributed by atoms with Gasteiger partial charge in [0, 0.05) is 6.08 Å². The van der Waals surface area contributed by atoms with Crippen molar-refractivity contribution >= 4 is 35.0 Å². The number of nitrogens with one attached hydrogen (secondary N) is 1. The van der Waals surface area contributed by atoms with Gasteiger partial charge < -0.3 is 14.2 Å². The van der Waals surface area contributed by atoms with E-state index in [1.807, 2.05) is 42.5 Å². The van der Waals surface area contributed by atoms with E-state index in [0.717, 1.165) is 34.5 Å². The number of nitrogens with zero attached hydrogens (tertiary/aromatic N) is 2. The zero-order chi connectivity index (χ0) is 21.5. The lowest BCUT2D eigenvalue weighted by molar-refractivity contribution is -0.135. The van der Waals surface area contributed by atoms with Gasteiger partial charge in [-0.3, -0.25) is 10.1 Å². The first kappa shape index (κ1) is 21.1. The molecule has 1 heterocycles. The molecule has 0 aliphatic carbocycles. The highest BCUT2D eigenvalue weighted by Crippen LogP contribution is 2.32. The average Bonchev–Trinajstić information content (AvgIpc) is 3.12. The predicted octanol–water partition coefficient (Wildman–Crippen LogP) is 2.98. The molecule has 0 aromatic heterocycles. The Morgan fingerprint density at radius 1 is 1.03 bits per heavy atom. The number of thioether (sulfide) groups is 1. The SMILES string of the molecule is COC(=O)/C=C1/S/C(=N\N=Cc2cccc(-c3ccc(OC)c(OC)c3)c2)NC1=O. The fraction of sp³-hybridized carbons (Fsp3) is 0.143. The molecule has 8 nitrogen and oxygen atoms in total. The number of benzene rings is 2. The van der Waals surface area contributed by atoms with Crippen molar-refractivity contribution in [3.05, 3.63) is 59.0 Å². The maximum Gasteiger partial charge on any atom is 0.331 e. The van der Waals surface area contributed by atoms with Crippen LogP contribution in [-0.4, -0.2) is 44.6 Å². The van der Waals surface area contributed by atoms with Gasteiger partial charge >= 0.3 is 5.97 Å². The van der Waals surface area contributed by atoms with Crippen LogP contribution in [0.4, 0.5) is 0 Å². The third-order valence-corrected chi connectivity index (χ3v) is 4.96. The lowest BCUT2D eigenvalue weighted by Gasteiger charge is -2.10. The Morgan fingerprint density at radius 2 is 1.80 bits per heavy atom. The van der Waals surface area contributed by atoms with Crippen LogP contribution in [0.15, 0.2) is 63.6 Å². The summed E-state index contributed by atoms with van der Waals surface area (Å²) in [6.45, 7) is 0. The van der Waals surface area contributed by atoms with Gasteiger partial charge in [0.05, 0.1) is 32.4 Å². The number of carbonyl (C=O) groups excluding carboxylic acids is 2. The first-order chi connectivity index (χ1) is 14.5. The second kappa shape index (κ2) is 9.75. The fourth-order valence-corrected chi connectivity index (χ4v) is 3.34. The van der Waals surface area contributed by atoms with Gasteiger partial charge in [-0.05, 0) is 46.7 Å². The van der Waals surface area contributed by atoms with E-state index in [2.05, 4.69) is 20.3 Å². The molecule has 1 aliphatic heterocycles. The zero-order valence-electron chi connectivity index (χ0n) is 16.5. The molecule has 1 saturated heterocycles. The molecule has 1 N–H and O–H groups in total. The van der Waals surface area contributed by atoms with Crippen molar-refractivity contribution in [1.29, 1.82) is 0 Å². The molecule has 0 unspecified atom stereocenters. The van der Waals surface area contributed by atoms with Crippen LogP contribution in [-0.2, 0) is 14.3 Å². The van der Waals surface area contributed by atoms with E-state index < -0.39 is 11.9 Å². The van der Waals surface area contributed by atoms with Crippen LogP contribution in [0, 0.1) is 0 Å². The minimum absolute atomic E-state index is 0.200. The van der Waals surface area contributed by atoms with E-state index >= 15 is 0 Å². The van der Waals surface area contributed by atoms with Gasteiger partial charge in [-0.2, -0.15) is 5.10 Å². The average molecular weight is 425 g/mol. The van der Waals surface area contributed by atoms with Crippen molar-refractivity contribution in [3.8, 4) is 22.6 Å². The molecular weight excluding hydrogens is 406 g/mol. The van der Waals surface area contributed by atoms with Gasteiger partial charge in [-0.15, -0.1) is 5.10 Å². The molecule has 0 bridgehead atoms. The largest absolute Gasteiger partial charge is 0.493 e. The molecule has 0 spiro atoms. The highest BCUT2D eigenvalue weighted by atomic mass is 32.2. The molecular formula is C21H19N3O5S. The van der Waals surface area contributed by atoms with Crippen molar-refractivity contribution in [2.45, 2.75) is 0 Å². The molecule has 1 amide bonds. The maximum atomic E-state index is 11.8. The van der Waals surface area contributed by atoms with Crippen molar-refractivity contribution in [2.75, 3.05) is 21.3 Å². The van der Waals surface area contributed by atoms with E-state index in [-0.39, 0.29) is 10.1 Å². The fourth-order valence-electron chi connectivity index (χ4n) is 2.60. The summed E-state index contributed by atoms with van der Waals surface area (Å²) < 4.78 is 15.1. The summed E-state index contributed by atoms with van der Waals surface area (Å²) in [5, 5.41) is 10.8. The number of hydrogen-bond acceptors (Lipinski definition) is 8. The van der Waals surface area contributed by atoms with Gasteiger partial charge in [0.2, 0.25) is 0 Å². The molecule has 3 rings (SSSR count). The second-order valence-electron chi connectivity index (χ2n) is 5.93. The monoisotopic (exact) mass is 425 g/mol. The molecule has 0 radical (unpaired) electrons. The van der Waals surface area contributed by atoms with Gasteiger partial charge in [0.25, 0.3) is 5.91 Å². The molecule has 154 valence electrons. The first-order valence-corrected chi connectivity index (χ1v) is 9.58. The summed E-state index contributed by atoms with van der Waals surface area (Å²) in [6, 6.07) is 13.4. The van der Waals surface area contributed by atoms with Gasteiger partial charge in [-0.1, -0.05) is 24.3 Å². The summed E-state index contributed by atoms with van der Waals surface area (Å²) in [7, 11) is 4.43. The summed E-state index contributed by atoms with van der Waals surface area (Å²) in [5.41, 5.74) is 2.76.